The molecule has 1 fully saturated rings. The first-order valence-electron chi connectivity index (χ1n) is 7.06. The number of ether oxygens (including phenoxy) is 2. The summed E-state index contributed by atoms with van der Waals surface area (Å²) >= 11 is 0. The van der Waals surface area contributed by atoms with Crippen molar-refractivity contribution < 1.29 is 42.6 Å². The molecule has 4 atom stereocenters. The number of nitrogens with zero attached hydrogens (tertiary/aromatic N) is 2. The Morgan fingerprint density at radius 1 is 1.36 bits per heavy atom. The van der Waals surface area contributed by atoms with Crippen molar-refractivity contribution in [1.29, 1.82) is 0 Å². The maximum absolute atomic E-state index is 11.9. The molecule has 0 saturated carbocycles. The van der Waals surface area contributed by atoms with Crippen LogP contribution in [0.25, 0.3) is 0 Å². The van der Waals surface area contributed by atoms with E-state index in [2.05, 4.69) is 14.0 Å². The highest BCUT2D eigenvalue weighted by molar-refractivity contribution is 7.48. The van der Waals surface area contributed by atoms with Crippen LogP contribution in [0.3, 0.4) is 0 Å². The number of hydrogen-bond donors (Lipinski definition) is 3. The Labute approximate surface area is 143 Å². The molecule has 13 heteroatoms. The van der Waals surface area contributed by atoms with Crippen LogP contribution in [0.5, 0.6) is 5.88 Å². The minimum atomic E-state index is -3.77. The summed E-state index contributed by atoms with van der Waals surface area (Å²) in [6, 6.07) is 0. The molecule has 1 aromatic heterocycles. The topological polar surface area (TPSA) is 165 Å². The second kappa shape index (κ2) is 7.79. The van der Waals surface area contributed by atoms with Crippen LogP contribution in [0.2, 0.25) is 0 Å². The standard InChI is InChI=1S/C12H20N3O9P/c1-20-11-7(10(13)18)14-5-15(11)12-9(17)8(16)6(24-12)4-23-25(19,21-2)22-3/h5-6,8-9,12,16-17H,4H2,1-3H3,(H2,13,18)/t6-,8-,9-,12-/m1/s1. The van der Waals surface area contributed by atoms with Crippen molar-refractivity contribution >= 4 is 13.7 Å². The van der Waals surface area contributed by atoms with Gasteiger partial charge in [-0.05, 0) is 0 Å². The van der Waals surface area contributed by atoms with Gasteiger partial charge < -0.3 is 25.4 Å². The van der Waals surface area contributed by atoms with Gasteiger partial charge in [0.15, 0.2) is 11.9 Å². The van der Waals surface area contributed by atoms with E-state index in [9.17, 15) is 19.6 Å². The number of phosphoric ester groups is 1. The molecule has 0 aromatic carbocycles. The number of imidazole rings is 1. The van der Waals surface area contributed by atoms with Gasteiger partial charge in [-0.2, -0.15) is 0 Å². The Balaban J connectivity index is 2.17. The Bertz CT molecular complexity index is 658. The molecule has 1 aromatic rings. The Hall–Kier alpha value is -1.53. The summed E-state index contributed by atoms with van der Waals surface area (Å²) in [5, 5.41) is 20.3. The van der Waals surface area contributed by atoms with Crippen molar-refractivity contribution in [3.05, 3.63) is 12.0 Å². The molecule has 2 heterocycles. The van der Waals surface area contributed by atoms with Crippen molar-refractivity contribution in [2.24, 2.45) is 5.73 Å². The zero-order chi connectivity index (χ0) is 18.8. The summed E-state index contributed by atoms with van der Waals surface area (Å²) in [7, 11) is -0.221. The quantitative estimate of drug-likeness (QED) is 0.477. The molecule has 0 unspecified atom stereocenters. The van der Waals surface area contributed by atoms with Gasteiger partial charge in [0.05, 0.1) is 13.7 Å². The summed E-state index contributed by atoms with van der Waals surface area (Å²) < 4.78 is 37.9. The third kappa shape index (κ3) is 3.85. The van der Waals surface area contributed by atoms with Crippen LogP contribution in [0, 0.1) is 0 Å². The van der Waals surface area contributed by atoms with Gasteiger partial charge in [0.25, 0.3) is 5.91 Å². The Morgan fingerprint density at radius 2 is 2.00 bits per heavy atom. The summed E-state index contributed by atoms with van der Waals surface area (Å²) in [6.07, 6.45) is -3.79. The fraction of sp³-hybridized carbons (Fsp3) is 0.667. The van der Waals surface area contributed by atoms with Gasteiger partial charge in [0.1, 0.15) is 24.6 Å². The van der Waals surface area contributed by atoms with Crippen LogP contribution in [-0.4, -0.2) is 71.9 Å². The number of amides is 1. The lowest BCUT2D eigenvalue weighted by molar-refractivity contribution is -0.0555. The second-order valence-corrected chi connectivity index (χ2v) is 6.91. The van der Waals surface area contributed by atoms with E-state index in [0.29, 0.717) is 0 Å². The molecular formula is C12H20N3O9P. The number of carbonyl (C=O) groups is 1. The summed E-state index contributed by atoms with van der Waals surface area (Å²) in [5.41, 5.74) is 5.03. The monoisotopic (exact) mass is 381 g/mol. The highest BCUT2D eigenvalue weighted by Gasteiger charge is 2.46. The van der Waals surface area contributed by atoms with E-state index >= 15 is 0 Å². The molecule has 12 nitrogen and oxygen atoms in total. The SMILES string of the molecule is COc1c(C(N)=O)ncn1[C@@H]1O[C@H](COP(=O)(OC)OC)[C@@H](O)[C@H]1O. The first-order chi connectivity index (χ1) is 11.8. The third-order valence-corrected chi connectivity index (χ3v) is 4.99. The predicted octanol–water partition coefficient (Wildman–Crippen LogP) is -0.973. The fourth-order valence-electron chi connectivity index (χ4n) is 2.34. The smallest absolute Gasteiger partial charge is 0.474 e. The van der Waals surface area contributed by atoms with E-state index in [1.165, 1.54) is 18.0 Å². The minimum absolute atomic E-state index is 0.0372. The molecule has 0 aliphatic carbocycles. The van der Waals surface area contributed by atoms with E-state index in [0.717, 1.165) is 14.2 Å². The molecule has 4 N–H and O–H groups in total. The van der Waals surface area contributed by atoms with Gasteiger partial charge in [0, 0.05) is 14.2 Å². The molecule has 0 bridgehead atoms. The van der Waals surface area contributed by atoms with Gasteiger partial charge >= 0.3 is 7.82 Å². The van der Waals surface area contributed by atoms with Gasteiger partial charge in [-0.25, -0.2) is 9.55 Å². The normalized spacial score (nSPS) is 26.8. The molecule has 1 aliphatic rings. The lowest BCUT2D eigenvalue weighted by Crippen LogP contribution is -2.33. The summed E-state index contributed by atoms with van der Waals surface area (Å²) in [5.74, 6) is -0.866. The minimum Gasteiger partial charge on any atom is -0.480 e. The molecule has 2 rings (SSSR count). The van der Waals surface area contributed by atoms with Crippen molar-refractivity contribution in [2.45, 2.75) is 24.5 Å². The van der Waals surface area contributed by atoms with Gasteiger partial charge in [-0.15, -0.1) is 0 Å². The van der Waals surface area contributed by atoms with E-state index in [1.807, 2.05) is 0 Å². The summed E-state index contributed by atoms with van der Waals surface area (Å²) in [6.45, 7) is -0.382. The molecule has 142 valence electrons. The molecule has 1 aliphatic heterocycles. The number of primary amides is 1. The maximum Gasteiger partial charge on any atom is 0.474 e. The van der Waals surface area contributed by atoms with Crippen molar-refractivity contribution in [3.8, 4) is 5.88 Å². The average Bonchev–Trinajstić information content (AvgIpc) is 3.15. The zero-order valence-corrected chi connectivity index (χ0v) is 14.7. The van der Waals surface area contributed by atoms with Gasteiger partial charge in [0.2, 0.25) is 5.88 Å². The lowest BCUT2D eigenvalue weighted by atomic mass is 10.1. The summed E-state index contributed by atoms with van der Waals surface area (Å²) in [4.78, 5) is 15.1. The first-order valence-corrected chi connectivity index (χ1v) is 8.52. The maximum atomic E-state index is 11.9. The third-order valence-electron chi connectivity index (χ3n) is 3.63. The van der Waals surface area contributed by atoms with Gasteiger partial charge in [-0.3, -0.25) is 22.9 Å². The van der Waals surface area contributed by atoms with Crippen molar-refractivity contribution in [3.63, 3.8) is 0 Å². The number of rotatable bonds is 8. The van der Waals surface area contributed by atoms with Crippen LogP contribution in [-0.2, 0) is 22.9 Å². The molecule has 1 saturated heterocycles. The number of aromatic nitrogens is 2. The van der Waals surface area contributed by atoms with Crippen LogP contribution >= 0.6 is 7.82 Å². The molecule has 0 spiro atoms. The van der Waals surface area contributed by atoms with Crippen LogP contribution in [0.15, 0.2) is 6.33 Å². The zero-order valence-electron chi connectivity index (χ0n) is 13.8. The highest BCUT2D eigenvalue weighted by Crippen LogP contribution is 2.48. The molecule has 1 amide bonds. The number of aliphatic hydroxyl groups excluding tert-OH is 2. The molecular weight excluding hydrogens is 361 g/mol. The van der Waals surface area contributed by atoms with Crippen LogP contribution in [0.4, 0.5) is 0 Å². The first kappa shape index (κ1) is 19.8. The second-order valence-electron chi connectivity index (χ2n) is 5.03. The predicted molar refractivity (Wildman–Crippen MR) is 80.8 cm³/mol. The number of phosphoric acid groups is 1. The van der Waals surface area contributed by atoms with Gasteiger partial charge in [-0.1, -0.05) is 0 Å². The number of nitrogens with two attached hydrogens (primary N) is 1. The molecule has 25 heavy (non-hydrogen) atoms. The number of hydrogen-bond acceptors (Lipinski definition) is 10. The van der Waals surface area contributed by atoms with Crippen LogP contribution < -0.4 is 10.5 Å². The lowest BCUT2D eigenvalue weighted by Gasteiger charge is -2.19. The highest BCUT2D eigenvalue weighted by atomic mass is 31.2. The van der Waals surface area contributed by atoms with E-state index in [1.54, 1.807) is 0 Å². The Kier molecular flexibility index (Phi) is 6.16. The van der Waals surface area contributed by atoms with E-state index in [-0.39, 0.29) is 18.2 Å². The molecule has 0 radical (unpaired) electrons. The van der Waals surface area contributed by atoms with E-state index in [4.69, 9.17) is 19.7 Å². The van der Waals surface area contributed by atoms with Crippen LogP contribution in [0.1, 0.15) is 16.7 Å². The average molecular weight is 381 g/mol. The fourth-order valence-corrected chi connectivity index (χ4v) is 3.03. The van der Waals surface area contributed by atoms with Crippen molar-refractivity contribution in [1.82, 2.24) is 9.55 Å². The number of carbonyl (C=O) groups excluding carboxylic acids is 1. The number of aliphatic hydroxyl groups is 2. The van der Waals surface area contributed by atoms with Crippen molar-refractivity contribution in [2.75, 3.05) is 27.9 Å². The number of methoxy groups -OCH3 is 1. The van der Waals surface area contributed by atoms with E-state index < -0.39 is 38.3 Å². The Morgan fingerprint density at radius 3 is 2.52 bits per heavy atom. The largest absolute Gasteiger partial charge is 0.480 e.